The van der Waals surface area contributed by atoms with E-state index < -0.39 is 17.1 Å². The third-order valence-electron chi connectivity index (χ3n) is 3.25. The lowest BCUT2D eigenvalue weighted by Crippen LogP contribution is -2.51. The fourth-order valence-electron chi connectivity index (χ4n) is 1.32. The van der Waals surface area contributed by atoms with Crippen molar-refractivity contribution in [3.8, 4) is 0 Å². The number of carboxylic acids is 1. The van der Waals surface area contributed by atoms with Crippen molar-refractivity contribution in [2.45, 2.75) is 45.8 Å². The number of nitrogens with zero attached hydrogens (tertiary/aromatic N) is 1. The van der Waals surface area contributed by atoms with Gasteiger partial charge >= 0.3 is 5.97 Å². The smallest absolute Gasteiger partial charge is 0.339 e. The Morgan fingerprint density at radius 2 is 1.89 bits per heavy atom. The number of aromatic nitrogens is 1. The molecule has 3 N–H and O–H groups in total. The number of hydrogen-bond donors (Lipinski definition) is 3. The summed E-state index contributed by atoms with van der Waals surface area (Å²) >= 11 is 0. The molecule has 0 aliphatic heterocycles. The van der Waals surface area contributed by atoms with Crippen LogP contribution in [0.3, 0.4) is 0 Å². The molecule has 0 unspecified atom stereocenters. The Hall–Kier alpha value is -1.62. The zero-order valence-corrected chi connectivity index (χ0v) is 11.4. The van der Waals surface area contributed by atoms with Gasteiger partial charge in [0.05, 0.1) is 16.8 Å². The van der Waals surface area contributed by atoms with Crippen LogP contribution in [0.2, 0.25) is 0 Å². The Bertz CT molecular complexity index is 462. The summed E-state index contributed by atoms with van der Waals surface area (Å²) in [7, 11) is 0. The third kappa shape index (κ3) is 2.98. The SMILES string of the molecule is Cc1cc(NC(C)(C)C(C)(C)O)c(C(=O)O)cn1. The average molecular weight is 252 g/mol. The van der Waals surface area contributed by atoms with Crippen LogP contribution in [0, 0.1) is 6.92 Å². The highest BCUT2D eigenvalue weighted by Crippen LogP contribution is 2.28. The summed E-state index contributed by atoms with van der Waals surface area (Å²) < 4.78 is 0. The molecule has 0 aliphatic carbocycles. The number of carbonyl (C=O) groups is 1. The first kappa shape index (κ1) is 14.4. The lowest BCUT2D eigenvalue weighted by atomic mass is 9.85. The minimum Gasteiger partial charge on any atom is -0.478 e. The normalized spacial score (nSPS) is 12.3. The zero-order chi connectivity index (χ0) is 14.1. The van der Waals surface area contributed by atoms with Crippen molar-refractivity contribution in [1.82, 2.24) is 4.98 Å². The Morgan fingerprint density at radius 1 is 1.33 bits per heavy atom. The molecule has 0 amide bonds. The van der Waals surface area contributed by atoms with Gasteiger partial charge in [-0.05, 0) is 40.7 Å². The molecule has 0 atom stereocenters. The number of nitrogens with one attached hydrogen (secondary N) is 1. The summed E-state index contributed by atoms with van der Waals surface area (Å²) in [4.78, 5) is 15.1. The number of pyridine rings is 1. The van der Waals surface area contributed by atoms with E-state index in [9.17, 15) is 9.90 Å². The van der Waals surface area contributed by atoms with Crippen LogP contribution in [0.4, 0.5) is 5.69 Å². The highest BCUT2D eigenvalue weighted by Gasteiger charge is 2.35. The van der Waals surface area contributed by atoms with Gasteiger partial charge in [0.25, 0.3) is 0 Å². The first-order chi connectivity index (χ1) is 8.04. The molecule has 0 radical (unpaired) electrons. The number of hydrogen-bond acceptors (Lipinski definition) is 4. The van der Waals surface area contributed by atoms with Crippen molar-refractivity contribution in [2.75, 3.05) is 5.32 Å². The third-order valence-corrected chi connectivity index (χ3v) is 3.25. The number of rotatable bonds is 4. The van der Waals surface area contributed by atoms with Gasteiger partial charge in [0.2, 0.25) is 0 Å². The summed E-state index contributed by atoms with van der Waals surface area (Å²) in [5, 5.41) is 22.3. The molecule has 5 heteroatoms. The number of carboxylic acid groups (broad SMARTS) is 1. The van der Waals surface area contributed by atoms with Gasteiger partial charge in [0, 0.05) is 11.9 Å². The van der Waals surface area contributed by atoms with Gasteiger partial charge in [-0.2, -0.15) is 0 Å². The molecule has 0 aliphatic rings. The van der Waals surface area contributed by atoms with Gasteiger partial charge in [0.1, 0.15) is 5.56 Å². The minimum atomic E-state index is -1.04. The van der Waals surface area contributed by atoms with E-state index in [0.717, 1.165) is 0 Å². The molecule has 0 bridgehead atoms. The predicted octanol–water partition coefficient (Wildman–Crippen LogP) is 2.05. The summed E-state index contributed by atoms with van der Waals surface area (Å²) in [6.45, 7) is 8.76. The molecule has 1 aromatic rings. The van der Waals surface area contributed by atoms with Crippen LogP contribution in [0.15, 0.2) is 12.3 Å². The summed E-state index contributed by atoms with van der Waals surface area (Å²) in [6.07, 6.45) is 1.32. The number of aryl methyl sites for hydroxylation is 1. The first-order valence-electron chi connectivity index (χ1n) is 5.75. The van der Waals surface area contributed by atoms with Crippen molar-refractivity contribution in [3.63, 3.8) is 0 Å². The quantitative estimate of drug-likeness (QED) is 0.764. The van der Waals surface area contributed by atoms with E-state index in [2.05, 4.69) is 10.3 Å². The van der Waals surface area contributed by atoms with Gasteiger partial charge in [-0.3, -0.25) is 4.98 Å². The first-order valence-corrected chi connectivity index (χ1v) is 5.75. The maximum Gasteiger partial charge on any atom is 0.339 e. The molecule has 0 spiro atoms. The van der Waals surface area contributed by atoms with E-state index in [-0.39, 0.29) is 5.56 Å². The van der Waals surface area contributed by atoms with Gasteiger partial charge in [-0.15, -0.1) is 0 Å². The highest BCUT2D eigenvalue weighted by atomic mass is 16.4. The van der Waals surface area contributed by atoms with E-state index in [4.69, 9.17) is 5.11 Å². The van der Waals surface area contributed by atoms with Crippen LogP contribution in [0.1, 0.15) is 43.7 Å². The maximum absolute atomic E-state index is 11.1. The molecule has 0 saturated heterocycles. The average Bonchev–Trinajstić information content (AvgIpc) is 2.14. The molecule has 1 rings (SSSR count). The second-order valence-electron chi connectivity index (χ2n) is 5.49. The Balaban J connectivity index is 3.18. The summed E-state index contributed by atoms with van der Waals surface area (Å²) in [5.74, 6) is -1.04. The standard InChI is InChI=1S/C13H20N2O3/c1-8-6-10(9(7-14-8)11(16)17)15-12(2,3)13(4,5)18/h6-7,18H,1-5H3,(H,14,15)(H,16,17). The fraction of sp³-hybridized carbons (Fsp3) is 0.538. The molecular weight excluding hydrogens is 232 g/mol. The Morgan fingerprint density at radius 3 is 2.33 bits per heavy atom. The van der Waals surface area contributed by atoms with Crippen LogP contribution in [0.25, 0.3) is 0 Å². The molecule has 5 nitrogen and oxygen atoms in total. The van der Waals surface area contributed by atoms with Crippen molar-refractivity contribution in [2.24, 2.45) is 0 Å². The largest absolute Gasteiger partial charge is 0.478 e. The van der Waals surface area contributed by atoms with Crippen molar-refractivity contribution in [1.29, 1.82) is 0 Å². The lowest BCUT2D eigenvalue weighted by molar-refractivity contribution is 0.0239. The van der Waals surface area contributed by atoms with Crippen molar-refractivity contribution >= 4 is 11.7 Å². The highest BCUT2D eigenvalue weighted by molar-refractivity contribution is 5.94. The molecule has 1 aromatic heterocycles. The Kier molecular flexibility index (Phi) is 3.67. The van der Waals surface area contributed by atoms with Crippen molar-refractivity contribution < 1.29 is 15.0 Å². The molecule has 1 heterocycles. The molecular formula is C13H20N2O3. The van der Waals surface area contributed by atoms with Crippen molar-refractivity contribution in [3.05, 3.63) is 23.5 Å². The monoisotopic (exact) mass is 252 g/mol. The predicted molar refractivity (Wildman–Crippen MR) is 69.9 cm³/mol. The van der Waals surface area contributed by atoms with E-state index in [1.807, 2.05) is 13.8 Å². The van der Waals surface area contributed by atoms with Crippen LogP contribution in [-0.2, 0) is 0 Å². The van der Waals surface area contributed by atoms with Crippen LogP contribution < -0.4 is 5.32 Å². The number of anilines is 1. The van der Waals surface area contributed by atoms with Crippen LogP contribution in [0.5, 0.6) is 0 Å². The fourth-order valence-corrected chi connectivity index (χ4v) is 1.32. The zero-order valence-electron chi connectivity index (χ0n) is 11.4. The Labute approximate surface area is 107 Å². The van der Waals surface area contributed by atoms with Gasteiger partial charge < -0.3 is 15.5 Å². The lowest BCUT2D eigenvalue weighted by Gasteiger charge is -2.39. The van der Waals surface area contributed by atoms with E-state index >= 15 is 0 Å². The summed E-state index contributed by atoms with van der Waals surface area (Å²) in [5.41, 5.74) is -0.403. The molecule has 18 heavy (non-hydrogen) atoms. The maximum atomic E-state index is 11.1. The van der Waals surface area contributed by atoms with Gasteiger partial charge in [-0.1, -0.05) is 0 Å². The number of aliphatic hydroxyl groups is 1. The second-order valence-corrected chi connectivity index (χ2v) is 5.49. The van der Waals surface area contributed by atoms with Gasteiger partial charge in [-0.25, -0.2) is 4.79 Å². The van der Waals surface area contributed by atoms with E-state index in [1.54, 1.807) is 26.8 Å². The molecule has 0 fully saturated rings. The molecule has 0 aromatic carbocycles. The van der Waals surface area contributed by atoms with Gasteiger partial charge in [0.15, 0.2) is 0 Å². The van der Waals surface area contributed by atoms with E-state index in [0.29, 0.717) is 11.4 Å². The second kappa shape index (κ2) is 4.57. The van der Waals surface area contributed by atoms with E-state index in [1.165, 1.54) is 6.20 Å². The van der Waals surface area contributed by atoms with Crippen LogP contribution in [-0.4, -0.2) is 32.3 Å². The topological polar surface area (TPSA) is 82.5 Å². The molecule has 0 saturated carbocycles. The summed E-state index contributed by atoms with van der Waals surface area (Å²) in [6, 6.07) is 1.66. The van der Waals surface area contributed by atoms with Crippen LogP contribution >= 0.6 is 0 Å². The number of aromatic carboxylic acids is 1. The minimum absolute atomic E-state index is 0.0953. The molecule has 100 valence electrons.